The number of esters is 2. The summed E-state index contributed by atoms with van der Waals surface area (Å²) in [6.45, 7) is 3.83. The van der Waals surface area contributed by atoms with Crippen LogP contribution in [-0.2, 0) is 19.1 Å². The van der Waals surface area contributed by atoms with Crippen molar-refractivity contribution in [1.82, 2.24) is 0 Å². The second kappa shape index (κ2) is 34.6. The Kier molecular flexibility index (Phi) is 32.3. The van der Waals surface area contributed by atoms with E-state index in [1.54, 1.807) is 0 Å². The highest BCUT2D eigenvalue weighted by molar-refractivity contribution is 5.70. The van der Waals surface area contributed by atoms with E-state index in [4.69, 9.17) is 9.47 Å². The van der Waals surface area contributed by atoms with Crippen molar-refractivity contribution in [2.45, 2.75) is 136 Å². The molecule has 0 heterocycles. The summed E-state index contributed by atoms with van der Waals surface area (Å²) in [5.74, 6) is -0.671. The van der Waals surface area contributed by atoms with Gasteiger partial charge in [-0.3, -0.25) is 9.59 Å². The maximum atomic E-state index is 12.1. The molecule has 5 nitrogen and oxygen atoms in total. The Morgan fingerprint density at radius 1 is 0.523 bits per heavy atom. The van der Waals surface area contributed by atoms with Crippen molar-refractivity contribution in [3.05, 3.63) is 85.1 Å². The number of hydrogen-bond acceptors (Lipinski definition) is 5. The van der Waals surface area contributed by atoms with Gasteiger partial charge in [0.1, 0.15) is 6.61 Å². The largest absolute Gasteiger partial charge is 0.462 e. The lowest BCUT2D eigenvalue weighted by Crippen LogP contribution is -2.28. The molecular weight excluding hydrogens is 548 g/mol. The van der Waals surface area contributed by atoms with Gasteiger partial charge in [0.25, 0.3) is 0 Å². The van der Waals surface area contributed by atoms with Crippen LogP contribution in [0, 0.1) is 0 Å². The number of carbonyl (C=O) groups is 2. The summed E-state index contributed by atoms with van der Waals surface area (Å²) in [6.07, 6.45) is 46.4. The summed E-state index contributed by atoms with van der Waals surface area (Å²) in [4.78, 5) is 24.1. The van der Waals surface area contributed by atoms with Crippen molar-refractivity contribution in [1.29, 1.82) is 0 Å². The third-order valence-corrected chi connectivity index (χ3v) is 6.68. The molecule has 0 aromatic rings. The molecule has 0 aliphatic rings. The minimum atomic E-state index is -0.803. The summed E-state index contributed by atoms with van der Waals surface area (Å²) < 4.78 is 10.5. The van der Waals surface area contributed by atoms with E-state index in [1.165, 1.54) is 0 Å². The highest BCUT2D eigenvalue weighted by Gasteiger charge is 2.15. The average Bonchev–Trinajstić information content (AvgIpc) is 3.02. The van der Waals surface area contributed by atoms with Gasteiger partial charge in [0.2, 0.25) is 0 Å². The predicted molar refractivity (Wildman–Crippen MR) is 186 cm³/mol. The number of aliphatic hydroxyl groups is 1. The standard InChI is InChI=1S/C39H62O5/c1-3-5-7-9-11-13-15-17-19-21-23-25-27-29-31-33-38(41)43-36-37(35-40)44-39(42)34-32-30-28-26-24-22-20-18-16-14-12-10-8-6-4-2/h5-8,11-14,17-20,24,26,37,40H,3-4,9-10,15-16,21-23,25,27-36H2,1-2H3/t37-/m0/s1. The molecule has 5 heteroatoms. The van der Waals surface area contributed by atoms with Gasteiger partial charge < -0.3 is 14.6 Å². The molecular formula is C39H62O5. The molecule has 0 aliphatic heterocycles. The van der Waals surface area contributed by atoms with E-state index in [2.05, 4.69) is 98.9 Å². The predicted octanol–water partition coefficient (Wildman–Crippen LogP) is 10.4. The number of carbonyl (C=O) groups excluding carboxylic acids is 2. The zero-order valence-corrected chi connectivity index (χ0v) is 27.9. The minimum absolute atomic E-state index is 0.0972. The lowest BCUT2D eigenvalue weighted by atomic mass is 10.1. The lowest BCUT2D eigenvalue weighted by Gasteiger charge is -2.15. The Balaban J connectivity index is 3.73. The Labute approximate surface area is 269 Å². The van der Waals surface area contributed by atoms with E-state index in [-0.39, 0.29) is 25.2 Å². The first kappa shape index (κ1) is 41.1. The van der Waals surface area contributed by atoms with Crippen molar-refractivity contribution < 1.29 is 24.2 Å². The van der Waals surface area contributed by atoms with Crippen LogP contribution in [0.4, 0.5) is 0 Å². The van der Waals surface area contributed by atoms with Crippen LogP contribution in [0.25, 0.3) is 0 Å². The monoisotopic (exact) mass is 610 g/mol. The van der Waals surface area contributed by atoms with E-state index >= 15 is 0 Å². The molecule has 0 spiro atoms. The van der Waals surface area contributed by atoms with Crippen LogP contribution >= 0.6 is 0 Å². The second-order valence-corrected chi connectivity index (χ2v) is 10.8. The zero-order valence-electron chi connectivity index (χ0n) is 27.9. The number of rotatable bonds is 29. The number of aliphatic hydroxyl groups excluding tert-OH is 1. The quantitative estimate of drug-likeness (QED) is 0.0518. The molecule has 0 saturated carbocycles. The van der Waals surface area contributed by atoms with Gasteiger partial charge in [-0.05, 0) is 83.5 Å². The molecule has 44 heavy (non-hydrogen) atoms. The first-order valence-electron chi connectivity index (χ1n) is 17.1. The fraction of sp³-hybridized carbons (Fsp3) is 0.590. The molecule has 0 amide bonds. The topological polar surface area (TPSA) is 72.8 Å². The molecule has 0 rings (SSSR count). The zero-order chi connectivity index (χ0) is 32.2. The summed E-state index contributed by atoms with van der Waals surface area (Å²) in [5.41, 5.74) is 0. The summed E-state index contributed by atoms with van der Waals surface area (Å²) in [5, 5.41) is 9.51. The normalized spacial score (nSPS) is 13.2. The Morgan fingerprint density at radius 3 is 1.41 bits per heavy atom. The van der Waals surface area contributed by atoms with Crippen molar-refractivity contribution in [2.24, 2.45) is 0 Å². The maximum absolute atomic E-state index is 12.1. The number of allylic oxidation sites excluding steroid dienone is 14. The molecule has 0 radical (unpaired) electrons. The Bertz CT molecular complexity index is 875. The Hall–Kier alpha value is -2.92. The SMILES string of the molecule is CCC=CCC=CCC=CCC=CCCCCC(=O)O[C@@H](CO)COC(=O)CCCCCCCC=CCC=CCC=CCC. The van der Waals surface area contributed by atoms with Crippen molar-refractivity contribution in [2.75, 3.05) is 13.2 Å². The number of hydrogen-bond donors (Lipinski definition) is 1. The van der Waals surface area contributed by atoms with E-state index in [0.29, 0.717) is 12.8 Å². The van der Waals surface area contributed by atoms with Crippen molar-refractivity contribution >= 4 is 11.9 Å². The van der Waals surface area contributed by atoms with E-state index in [1.807, 2.05) is 0 Å². The molecule has 1 atom stereocenters. The van der Waals surface area contributed by atoms with E-state index in [9.17, 15) is 14.7 Å². The number of unbranched alkanes of at least 4 members (excludes halogenated alkanes) is 7. The molecule has 0 bridgehead atoms. The molecule has 248 valence electrons. The van der Waals surface area contributed by atoms with Gasteiger partial charge in [0, 0.05) is 12.8 Å². The van der Waals surface area contributed by atoms with E-state index < -0.39 is 6.10 Å². The van der Waals surface area contributed by atoms with Gasteiger partial charge in [0.05, 0.1) is 6.61 Å². The highest BCUT2D eigenvalue weighted by Crippen LogP contribution is 2.10. The van der Waals surface area contributed by atoms with Gasteiger partial charge >= 0.3 is 11.9 Å². The molecule has 0 saturated heterocycles. The van der Waals surface area contributed by atoms with Crippen molar-refractivity contribution in [3.8, 4) is 0 Å². The average molecular weight is 611 g/mol. The van der Waals surface area contributed by atoms with E-state index in [0.717, 1.165) is 103 Å². The first-order valence-corrected chi connectivity index (χ1v) is 17.1. The first-order chi connectivity index (χ1) is 21.6. The fourth-order valence-electron chi connectivity index (χ4n) is 4.14. The summed E-state index contributed by atoms with van der Waals surface area (Å²) in [6, 6.07) is 0. The number of ether oxygens (including phenoxy) is 2. The van der Waals surface area contributed by atoms with Gasteiger partial charge in [-0.2, -0.15) is 0 Å². The molecule has 0 fully saturated rings. The van der Waals surface area contributed by atoms with Crippen LogP contribution < -0.4 is 0 Å². The van der Waals surface area contributed by atoms with Crippen LogP contribution in [0.2, 0.25) is 0 Å². The fourth-order valence-corrected chi connectivity index (χ4v) is 4.14. The van der Waals surface area contributed by atoms with Crippen LogP contribution in [0.3, 0.4) is 0 Å². The smallest absolute Gasteiger partial charge is 0.306 e. The molecule has 0 aromatic heterocycles. The van der Waals surface area contributed by atoms with Gasteiger partial charge in [0.15, 0.2) is 6.10 Å². The molecule has 0 aliphatic carbocycles. The van der Waals surface area contributed by atoms with Crippen molar-refractivity contribution in [3.63, 3.8) is 0 Å². The van der Waals surface area contributed by atoms with Crippen LogP contribution in [0.1, 0.15) is 129 Å². The molecule has 0 aromatic carbocycles. The summed E-state index contributed by atoms with van der Waals surface area (Å²) in [7, 11) is 0. The second-order valence-electron chi connectivity index (χ2n) is 10.8. The highest BCUT2D eigenvalue weighted by atomic mass is 16.6. The third kappa shape index (κ3) is 32.0. The van der Waals surface area contributed by atoms with Gasteiger partial charge in [-0.15, -0.1) is 0 Å². The van der Waals surface area contributed by atoms with Crippen LogP contribution in [0.5, 0.6) is 0 Å². The minimum Gasteiger partial charge on any atom is -0.462 e. The molecule has 1 N–H and O–H groups in total. The maximum Gasteiger partial charge on any atom is 0.306 e. The lowest BCUT2D eigenvalue weighted by molar-refractivity contribution is -0.161. The third-order valence-electron chi connectivity index (χ3n) is 6.68. The van der Waals surface area contributed by atoms with Crippen LogP contribution in [-0.4, -0.2) is 36.4 Å². The van der Waals surface area contributed by atoms with Gasteiger partial charge in [-0.25, -0.2) is 0 Å². The Morgan fingerprint density at radius 2 is 0.909 bits per heavy atom. The summed E-state index contributed by atoms with van der Waals surface area (Å²) >= 11 is 0. The van der Waals surface area contributed by atoms with Gasteiger partial charge in [-0.1, -0.05) is 118 Å². The molecule has 0 unspecified atom stereocenters. The van der Waals surface area contributed by atoms with Crippen LogP contribution in [0.15, 0.2) is 85.1 Å².